The number of aliphatic hydroxyl groups excluding tert-OH is 2. The smallest absolute Gasteiger partial charge is 0.305 e. The van der Waals surface area contributed by atoms with Gasteiger partial charge in [-0.1, -0.05) is 249 Å². The van der Waals surface area contributed by atoms with Crippen LogP contribution in [-0.2, 0) is 14.3 Å². The first-order valence-corrected chi connectivity index (χ1v) is 27.3. The summed E-state index contributed by atoms with van der Waals surface area (Å²) in [5.74, 6) is -0.0770. The van der Waals surface area contributed by atoms with Crippen LogP contribution < -0.4 is 5.32 Å². The van der Waals surface area contributed by atoms with Crippen LogP contribution in [-0.4, -0.2) is 47.4 Å². The number of esters is 1. The molecule has 0 aromatic rings. The van der Waals surface area contributed by atoms with Gasteiger partial charge in [0, 0.05) is 12.8 Å². The van der Waals surface area contributed by atoms with Crippen LogP contribution in [0.2, 0.25) is 0 Å². The minimum absolute atomic E-state index is 0.00529. The van der Waals surface area contributed by atoms with Gasteiger partial charge in [0.15, 0.2) is 0 Å². The van der Waals surface area contributed by atoms with Crippen molar-refractivity contribution in [3.8, 4) is 0 Å². The zero-order valence-electron chi connectivity index (χ0n) is 41.4. The normalized spacial score (nSPS) is 12.9. The Morgan fingerprint density at radius 2 is 0.823 bits per heavy atom. The number of rotatable bonds is 50. The van der Waals surface area contributed by atoms with Gasteiger partial charge in [-0.05, 0) is 57.8 Å². The fourth-order valence-electron chi connectivity index (χ4n) is 8.18. The highest BCUT2D eigenvalue weighted by atomic mass is 16.5. The predicted octanol–water partition coefficient (Wildman–Crippen LogP) is 16.5. The van der Waals surface area contributed by atoms with E-state index in [2.05, 4.69) is 43.5 Å². The van der Waals surface area contributed by atoms with Gasteiger partial charge in [0.05, 0.1) is 25.4 Å². The summed E-state index contributed by atoms with van der Waals surface area (Å²) in [5, 5.41) is 23.0. The zero-order valence-corrected chi connectivity index (χ0v) is 41.4. The van der Waals surface area contributed by atoms with Crippen molar-refractivity contribution in [3.05, 3.63) is 36.5 Å². The van der Waals surface area contributed by atoms with Crippen LogP contribution in [0.5, 0.6) is 0 Å². The second-order valence-corrected chi connectivity index (χ2v) is 18.6. The SMILES string of the molecule is CCCC/C=C\C/C=C\CCCCCCCC(=O)OCCCCCCCCCCCCCCCCCCCCCCC(=O)NC(CO)C(O)/C=C/CCCCCCCCCCC. The Kier molecular flexibility index (Phi) is 50.1. The average molecular weight is 872 g/mol. The molecule has 364 valence electrons. The van der Waals surface area contributed by atoms with Gasteiger partial charge in [-0.15, -0.1) is 0 Å². The van der Waals surface area contributed by atoms with Crippen molar-refractivity contribution in [1.82, 2.24) is 5.32 Å². The van der Waals surface area contributed by atoms with Crippen molar-refractivity contribution in [3.63, 3.8) is 0 Å². The lowest BCUT2D eigenvalue weighted by Crippen LogP contribution is -2.45. The highest BCUT2D eigenvalue weighted by Crippen LogP contribution is 2.16. The number of allylic oxidation sites excluding steroid dienone is 5. The summed E-state index contributed by atoms with van der Waals surface area (Å²) in [6.07, 6.45) is 63.0. The van der Waals surface area contributed by atoms with Crippen LogP contribution >= 0.6 is 0 Å². The first-order chi connectivity index (χ1) is 30.5. The van der Waals surface area contributed by atoms with Crippen LogP contribution in [0.4, 0.5) is 0 Å². The van der Waals surface area contributed by atoms with Crippen LogP contribution in [0.15, 0.2) is 36.5 Å². The minimum atomic E-state index is -0.844. The summed E-state index contributed by atoms with van der Waals surface area (Å²) in [6, 6.07) is -0.628. The van der Waals surface area contributed by atoms with E-state index in [1.807, 2.05) is 6.08 Å². The van der Waals surface area contributed by atoms with Crippen molar-refractivity contribution in [1.29, 1.82) is 0 Å². The standard InChI is InChI=1S/C56H105NO5/c1-3-5-7-9-11-13-15-16-26-30-34-38-42-46-50-56(61)62-51-47-43-39-35-31-27-24-22-20-18-17-19-21-23-25-29-33-37-41-45-49-55(60)57-53(52-58)54(59)48-44-40-36-32-28-14-12-10-8-6-4-2/h9,11,15-16,44,48,53-54,58-59H,3-8,10,12-14,17-43,45-47,49-52H2,1-2H3,(H,57,60)/b11-9-,16-15-,48-44+. The van der Waals surface area contributed by atoms with E-state index in [0.29, 0.717) is 19.4 Å². The Balaban J connectivity index is 3.41. The third kappa shape index (κ3) is 47.6. The predicted molar refractivity (Wildman–Crippen MR) is 269 cm³/mol. The molecule has 0 aliphatic carbocycles. The first kappa shape index (κ1) is 60.1. The van der Waals surface area contributed by atoms with E-state index < -0.39 is 12.1 Å². The van der Waals surface area contributed by atoms with E-state index in [4.69, 9.17) is 4.74 Å². The van der Waals surface area contributed by atoms with E-state index in [1.54, 1.807) is 6.08 Å². The lowest BCUT2D eigenvalue weighted by molar-refractivity contribution is -0.143. The van der Waals surface area contributed by atoms with Gasteiger partial charge in [-0.2, -0.15) is 0 Å². The number of hydrogen-bond acceptors (Lipinski definition) is 5. The number of aliphatic hydroxyl groups is 2. The Bertz CT molecular complexity index is 1010. The van der Waals surface area contributed by atoms with E-state index in [-0.39, 0.29) is 18.5 Å². The molecule has 3 N–H and O–H groups in total. The summed E-state index contributed by atoms with van der Waals surface area (Å²) in [5.41, 5.74) is 0. The van der Waals surface area contributed by atoms with Gasteiger partial charge < -0.3 is 20.3 Å². The van der Waals surface area contributed by atoms with Crippen LogP contribution in [0, 0.1) is 0 Å². The molecular formula is C56H105NO5. The molecule has 0 aliphatic heterocycles. The molecule has 0 fully saturated rings. The molecule has 2 unspecified atom stereocenters. The van der Waals surface area contributed by atoms with Crippen LogP contribution in [0.3, 0.4) is 0 Å². The Morgan fingerprint density at radius 1 is 0.452 bits per heavy atom. The molecule has 0 radical (unpaired) electrons. The third-order valence-corrected chi connectivity index (χ3v) is 12.4. The molecule has 0 heterocycles. The van der Waals surface area contributed by atoms with Crippen molar-refractivity contribution in [2.24, 2.45) is 0 Å². The molecule has 0 rings (SSSR count). The molecule has 0 spiro atoms. The molecule has 0 saturated heterocycles. The highest BCUT2D eigenvalue weighted by Gasteiger charge is 2.18. The number of carbonyl (C=O) groups excluding carboxylic acids is 2. The summed E-state index contributed by atoms with van der Waals surface area (Å²) >= 11 is 0. The molecule has 0 bridgehead atoms. The molecule has 62 heavy (non-hydrogen) atoms. The summed E-state index contributed by atoms with van der Waals surface area (Å²) < 4.78 is 5.46. The largest absolute Gasteiger partial charge is 0.466 e. The quantitative estimate of drug-likeness (QED) is 0.0321. The maximum absolute atomic E-state index is 12.4. The number of amides is 1. The minimum Gasteiger partial charge on any atom is -0.466 e. The van der Waals surface area contributed by atoms with E-state index in [0.717, 1.165) is 51.4 Å². The number of nitrogens with one attached hydrogen (secondary N) is 1. The van der Waals surface area contributed by atoms with E-state index in [9.17, 15) is 19.8 Å². The van der Waals surface area contributed by atoms with Gasteiger partial charge in [0.1, 0.15) is 0 Å². The van der Waals surface area contributed by atoms with Crippen molar-refractivity contribution in [2.45, 2.75) is 296 Å². The second kappa shape index (κ2) is 51.7. The van der Waals surface area contributed by atoms with Gasteiger partial charge in [-0.3, -0.25) is 9.59 Å². The Morgan fingerprint density at radius 3 is 1.27 bits per heavy atom. The molecule has 0 saturated carbocycles. The number of unbranched alkanes of at least 4 members (excludes halogenated alkanes) is 35. The first-order valence-electron chi connectivity index (χ1n) is 27.3. The molecule has 6 heteroatoms. The molecule has 2 atom stereocenters. The number of hydrogen-bond donors (Lipinski definition) is 3. The van der Waals surface area contributed by atoms with Gasteiger partial charge in [0.2, 0.25) is 5.91 Å². The average Bonchev–Trinajstić information content (AvgIpc) is 3.27. The van der Waals surface area contributed by atoms with Gasteiger partial charge >= 0.3 is 5.97 Å². The summed E-state index contributed by atoms with van der Waals surface area (Å²) in [7, 11) is 0. The fraction of sp³-hybridized carbons (Fsp3) is 0.857. The molecule has 6 nitrogen and oxygen atoms in total. The third-order valence-electron chi connectivity index (χ3n) is 12.4. The van der Waals surface area contributed by atoms with Crippen molar-refractivity contribution in [2.75, 3.05) is 13.2 Å². The number of ether oxygens (including phenoxy) is 1. The lowest BCUT2D eigenvalue weighted by atomic mass is 10.0. The lowest BCUT2D eigenvalue weighted by Gasteiger charge is -2.20. The molecule has 0 aromatic carbocycles. The summed E-state index contributed by atoms with van der Waals surface area (Å²) in [6.45, 7) is 4.84. The Labute approximate surface area is 385 Å². The maximum Gasteiger partial charge on any atom is 0.305 e. The van der Waals surface area contributed by atoms with Crippen LogP contribution in [0.25, 0.3) is 0 Å². The monoisotopic (exact) mass is 872 g/mol. The fourth-order valence-corrected chi connectivity index (χ4v) is 8.18. The maximum atomic E-state index is 12.4. The Hall–Kier alpha value is -1.92. The highest BCUT2D eigenvalue weighted by molar-refractivity contribution is 5.76. The van der Waals surface area contributed by atoms with Crippen molar-refractivity contribution < 1.29 is 24.5 Å². The van der Waals surface area contributed by atoms with Gasteiger partial charge in [-0.25, -0.2) is 0 Å². The molecule has 0 aromatic heterocycles. The molecule has 1 amide bonds. The van der Waals surface area contributed by atoms with E-state index >= 15 is 0 Å². The van der Waals surface area contributed by atoms with Gasteiger partial charge in [0.25, 0.3) is 0 Å². The van der Waals surface area contributed by atoms with E-state index in [1.165, 1.54) is 205 Å². The second-order valence-electron chi connectivity index (χ2n) is 18.6. The van der Waals surface area contributed by atoms with Crippen molar-refractivity contribution >= 4 is 11.9 Å². The molecule has 0 aliphatic rings. The molecular weight excluding hydrogens is 767 g/mol. The summed E-state index contributed by atoms with van der Waals surface area (Å²) in [4.78, 5) is 24.4. The topological polar surface area (TPSA) is 95.9 Å². The zero-order chi connectivity index (χ0) is 45.1. The number of carbonyl (C=O) groups is 2. The van der Waals surface area contributed by atoms with Crippen LogP contribution in [0.1, 0.15) is 284 Å².